The second-order valence-corrected chi connectivity index (χ2v) is 6.12. The van der Waals surface area contributed by atoms with Gasteiger partial charge in [-0.25, -0.2) is 4.79 Å². The summed E-state index contributed by atoms with van der Waals surface area (Å²) >= 11 is 1.40. The molecule has 1 aliphatic rings. The maximum absolute atomic E-state index is 12.5. The zero-order valence-corrected chi connectivity index (χ0v) is 14.2. The first-order valence-corrected chi connectivity index (χ1v) is 8.45. The molecule has 1 amide bonds. The van der Waals surface area contributed by atoms with Gasteiger partial charge in [-0.2, -0.15) is 13.2 Å². The summed E-state index contributed by atoms with van der Waals surface area (Å²) in [5, 5.41) is 6.29. The van der Waals surface area contributed by atoms with E-state index in [0.29, 0.717) is 11.4 Å². The molecule has 25 heavy (non-hydrogen) atoms. The summed E-state index contributed by atoms with van der Waals surface area (Å²) in [6.07, 6.45) is -2.13. The van der Waals surface area contributed by atoms with E-state index in [1.165, 1.54) is 23.9 Å². The van der Waals surface area contributed by atoms with Crippen molar-refractivity contribution in [3.8, 4) is 0 Å². The number of hydrogen-bond acceptors (Lipinski definition) is 5. The van der Waals surface area contributed by atoms with Crippen molar-refractivity contribution in [1.29, 1.82) is 0 Å². The number of halogens is 3. The van der Waals surface area contributed by atoms with Gasteiger partial charge in [-0.15, -0.1) is 11.8 Å². The fourth-order valence-electron chi connectivity index (χ4n) is 1.99. The van der Waals surface area contributed by atoms with Gasteiger partial charge in [0.05, 0.1) is 22.9 Å². The number of allylic oxidation sites excluding steroid dienone is 2. The predicted molar refractivity (Wildman–Crippen MR) is 90.2 cm³/mol. The highest BCUT2D eigenvalue weighted by atomic mass is 32.2. The summed E-state index contributed by atoms with van der Waals surface area (Å²) in [7, 11) is 0. The molecular weight excluding hydrogens is 355 g/mol. The molecule has 0 aromatic heterocycles. The number of nitrogens with one attached hydrogen (secondary N) is 2. The molecule has 1 aromatic rings. The lowest BCUT2D eigenvalue weighted by molar-refractivity contribution is -0.137. The molecule has 136 valence electrons. The van der Waals surface area contributed by atoms with E-state index in [1.807, 2.05) is 0 Å². The second kappa shape index (κ2) is 8.30. The zero-order chi connectivity index (χ0) is 18.4. The lowest BCUT2D eigenvalue weighted by atomic mass is 10.1. The number of dihydropyridines is 1. The summed E-state index contributed by atoms with van der Waals surface area (Å²) in [4.78, 5) is 11.4. The quantitative estimate of drug-likeness (QED) is 0.738. The molecule has 1 aliphatic heterocycles. The Hall–Kier alpha value is -2.13. The summed E-state index contributed by atoms with van der Waals surface area (Å²) in [6.45, 7) is 1.95. The molecule has 0 saturated heterocycles. The van der Waals surface area contributed by atoms with Crippen LogP contribution in [0.5, 0.6) is 0 Å². The number of nitrogens with two attached hydrogens (primary N) is 1. The van der Waals surface area contributed by atoms with Gasteiger partial charge in [0.15, 0.2) is 0 Å². The van der Waals surface area contributed by atoms with Crippen LogP contribution in [0.2, 0.25) is 0 Å². The molecule has 0 saturated carbocycles. The maximum Gasteiger partial charge on any atom is 0.416 e. The standard InChI is InChI=1S/C16H18F3N3O2S/c1-2-24-15(23)21-12-7-8-13(22-14(12)20)25-9-10-3-5-11(6-4-10)16(17,18)19/h3-8,14,22H,2,9,20H2,1H3,(H,21,23). The third-order valence-electron chi connectivity index (χ3n) is 3.24. The molecular formula is C16H18F3N3O2S. The number of rotatable bonds is 5. The molecule has 0 spiro atoms. The Morgan fingerprint density at radius 2 is 2.00 bits per heavy atom. The second-order valence-electron chi connectivity index (χ2n) is 5.10. The van der Waals surface area contributed by atoms with E-state index in [-0.39, 0.29) is 6.61 Å². The van der Waals surface area contributed by atoms with Crippen LogP contribution in [0.1, 0.15) is 18.1 Å². The minimum Gasteiger partial charge on any atom is -0.450 e. The van der Waals surface area contributed by atoms with Gasteiger partial charge in [0.1, 0.15) is 6.17 Å². The number of carbonyl (C=O) groups excluding carboxylic acids is 1. The number of alkyl carbamates (subject to hydrolysis) is 1. The topological polar surface area (TPSA) is 76.4 Å². The van der Waals surface area contributed by atoms with Crippen molar-refractivity contribution < 1.29 is 22.7 Å². The summed E-state index contributed by atoms with van der Waals surface area (Å²) in [6, 6.07) is 5.02. The molecule has 5 nitrogen and oxygen atoms in total. The monoisotopic (exact) mass is 373 g/mol. The molecule has 9 heteroatoms. The van der Waals surface area contributed by atoms with Gasteiger partial charge >= 0.3 is 12.3 Å². The van der Waals surface area contributed by atoms with E-state index in [0.717, 1.165) is 22.7 Å². The van der Waals surface area contributed by atoms with E-state index in [2.05, 4.69) is 10.6 Å². The molecule has 1 aromatic carbocycles. The largest absolute Gasteiger partial charge is 0.450 e. The minimum atomic E-state index is -4.33. The Bertz CT molecular complexity index is 672. The minimum absolute atomic E-state index is 0.256. The fourth-order valence-corrected chi connectivity index (χ4v) is 2.88. The van der Waals surface area contributed by atoms with Gasteiger partial charge in [0, 0.05) is 5.75 Å². The average molecular weight is 373 g/mol. The van der Waals surface area contributed by atoms with Crippen molar-refractivity contribution in [2.24, 2.45) is 5.73 Å². The van der Waals surface area contributed by atoms with Crippen molar-refractivity contribution >= 4 is 17.9 Å². The Morgan fingerprint density at radius 3 is 2.56 bits per heavy atom. The number of thioether (sulfide) groups is 1. The van der Waals surface area contributed by atoms with Crippen molar-refractivity contribution in [3.63, 3.8) is 0 Å². The van der Waals surface area contributed by atoms with Gasteiger partial charge in [0.25, 0.3) is 0 Å². The highest BCUT2D eigenvalue weighted by molar-refractivity contribution is 8.02. The smallest absolute Gasteiger partial charge is 0.416 e. The molecule has 0 aliphatic carbocycles. The molecule has 0 radical (unpaired) electrons. The van der Waals surface area contributed by atoms with E-state index < -0.39 is 24.0 Å². The van der Waals surface area contributed by atoms with Crippen LogP contribution in [0.25, 0.3) is 0 Å². The van der Waals surface area contributed by atoms with Gasteiger partial charge < -0.3 is 15.8 Å². The van der Waals surface area contributed by atoms with Gasteiger partial charge in [0.2, 0.25) is 0 Å². The average Bonchev–Trinajstić information content (AvgIpc) is 2.55. The molecule has 0 fully saturated rings. The number of ether oxygens (including phenoxy) is 1. The highest BCUT2D eigenvalue weighted by Gasteiger charge is 2.29. The van der Waals surface area contributed by atoms with Gasteiger partial charge in [-0.3, -0.25) is 5.32 Å². The van der Waals surface area contributed by atoms with E-state index in [1.54, 1.807) is 19.1 Å². The summed E-state index contributed by atoms with van der Waals surface area (Å²) in [5.74, 6) is 0.484. The third kappa shape index (κ3) is 5.71. The van der Waals surface area contributed by atoms with Crippen LogP contribution < -0.4 is 16.4 Å². The first-order chi connectivity index (χ1) is 11.8. The first-order valence-electron chi connectivity index (χ1n) is 7.46. The van der Waals surface area contributed by atoms with Crippen LogP contribution in [0, 0.1) is 0 Å². The zero-order valence-electron chi connectivity index (χ0n) is 13.4. The lowest BCUT2D eigenvalue weighted by Gasteiger charge is -2.24. The van der Waals surface area contributed by atoms with Crippen LogP contribution in [-0.2, 0) is 16.7 Å². The van der Waals surface area contributed by atoms with Crippen molar-refractivity contribution in [2.45, 2.75) is 25.0 Å². The lowest BCUT2D eigenvalue weighted by Crippen LogP contribution is -2.45. The number of amides is 1. The van der Waals surface area contributed by atoms with Crippen LogP contribution in [0.15, 0.2) is 47.1 Å². The molecule has 1 unspecified atom stereocenters. The van der Waals surface area contributed by atoms with Crippen LogP contribution >= 0.6 is 11.8 Å². The molecule has 1 atom stereocenters. The normalized spacial score (nSPS) is 17.2. The number of alkyl halides is 3. The molecule has 1 heterocycles. The summed E-state index contributed by atoms with van der Waals surface area (Å²) in [5.41, 5.74) is 6.48. The summed E-state index contributed by atoms with van der Waals surface area (Å²) < 4.78 is 42.4. The molecule has 2 rings (SSSR count). The fraction of sp³-hybridized carbons (Fsp3) is 0.312. The van der Waals surface area contributed by atoms with Crippen molar-refractivity contribution in [1.82, 2.24) is 10.6 Å². The molecule has 0 bridgehead atoms. The number of hydrogen-bond donors (Lipinski definition) is 3. The van der Waals surface area contributed by atoms with Crippen LogP contribution in [0.3, 0.4) is 0 Å². The Labute approximate surface area is 147 Å². The Balaban J connectivity index is 1.92. The van der Waals surface area contributed by atoms with Gasteiger partial charge in [-0.1, -0.05) is 12.1 Å². The highest BCUT2D eigenvalue weighted by Crippen LogP contribution is 2.30. The van der Waals surface area contributed by atoms with Crippen molar-refractivity contribution in [3.05, 3.63) is 58.3 Å². The Morgan fingerprint density at radius 1 is 1.32 bits per heavy atom. The maximum atomic E-state index is 12.5. The molecule has 4 N–H and O–H groups in total. The predicted octanol–water partition coefficient (Wildman–Crippen LogP) is 3.30. The first kappa shape index (κ1) is 19.2. The third-order valence-corrected chi connectivity index (χ3v) is 4.29. The SMILES string of the molecule is CCOC(=O)NC1=CC=C(SCc2ccc(C(F)(F)F)cc2)NC1N. The van der Waals surface area contributed by atoms with Crippen LogP contribution in [0.4, 0.5) is 18.0 Å². The van der Waals surface area contributed by atoms with Crippen molar-refractivity contribution in [2.75, 3.05) is 6.61 Å². The van der Waals surface area contributed by atoms with Crippen LogP contribution in [-0.4, -0.2) is 18.9 Å². The van der Waals surface area contributed by atoms with E-state index in [4.69, 9.17) is 10.5 Å². The van der Waals surface area contributed by atoms with E-state index >= 15 is 0 Å². The number of benzene rings is 1. The van der Waals surface area contributed by atoms with E-state index in [9.17, 15) is 18.0 Å². The Kier molecular flexibility index (Phi) is 6.38. The number of carbonyl (C=O) groups is 1. The van der Waals surface area contributed by atoms with Gasteiger partial charge in [-0.05, 0) is 36.8 Å².